The molecule has 8 heteroatoms. The Bertz CT molecular complexity index is 1010. The molecule has 0 spiro atoms. The summed E-state index contributed by atoms with van der Waals surface area (Å²) < 4.78 is 41.5. The number of imidazole rings is 1. The van der Waals surface area contributed by atoms with Gasteiger partial charge in [0.15, 0.2) is 17.5 Å². The minimum atomic E-state index is -1.53. The maximum absolute atomic E-state index is 13.8. The number of nitrogens with zero attached hydrogens (tertiary/aromatic N) is 2. The first-order valence-corrected chi connectivity index (χ1v) is 7.56. The lowest BCUT2D eigenvalue weighted by atomic mass is 10.1. The van der Waals surface area contributed by atoms with Gasteiger partial charge in [0.05, 0.1) is 11.9 Å². The van der Waals surface area contributed by atoms with Crippen LogP contribution < -0.4 is 5.69 Å². The van der Waals surface area contributed by atoms with Crippen LogP contribution in [0.25, 0.3) is 11.3 Å². The zero-order chi connectivity index (χ0) is 17.7. The lowest BCUT2D eigenvalue weighted by Crippen LogP contribution is -2.15. The quantitative estimate of drug-likeness (QED) is 0.715. The highest BCUT2D eigenvalue weighted by atomic mass is 19.2. The van der Waals surface area contributed by atoms with Gasteiger partial charge in [-0.25, -0.2) is 18.0 Å². The first kappa shape index (κ1) is 15.5. The van der Waals surface area contributed by atoms with E-state index in [2.05, 4.69) is 9.97 Å². The summed E-state index contributed by atoms with van der Waals surface area (Å²) in [5, 5.41) is 9.69. The molecular weight excluding hydrogens is 335 g/mol. The highest BCUT2D eigenvalue weighted by Crippen LogP contribution is 2.51. The zero-order valence-electron chi connectivity index (χ0n) is 12.7. The Labute approximate surface area is 139 Å². The Morgan fingerprint density at radius 3 is 2.60 bits per heavy atom. The van der Waals surface area contributed by atoms with Crippen molar-refractivity contribution in [1.29, 1.82) is 0 Å². The fourth-order valence-electron chi connectivity index (χ4n) is 3.02. The van der Waals surface area contributed by atoms with E-state index in [-0.39, 0.29) is 29.1 Å². The van der Waals surface area contributed by atoms with Crippen LogP contribution in [0.4, 0.5) is 13.2 Å². The summed E-state index contributed by atoms with van der Waals surface area (Å²) in [6, 6.07) is 5.02. The molecule has 1 aromatic carbocycles. The average molecular weight is 347 g/mol. The molecular formula is C17H12F3N3O2. The molecule has 2 aromatic heterocycles. The molecule has 0 unspecified atom stereocenters. The van der Waals surface area contributed by atoms with E-state index in [9.17, 15) is 23.1 Å². The van der Waals surface area contributed by atoms with Gasteiger partial charge in [-0.15, -0.1) is 0 Å². The van der Waals surface area contributed by atoms with E-state index in [1.807, 2.05) is 0 Å². The van der Waals surface area contributed by atoms with E-state index < -0.39 is 23.1 Å². The molecule has 2 N–H and O–H groups in total. The Hall–Kier alpha value is -3.03. The van der Waals surface area contributed by atoms with Crippen molar-refractivity contribution < 1.29 is 18.3 Å². The van der Waals surface area contributed by atoms with Crippen LogP contribution in [0, 0.1) is 17.5 Å². The summed E-state index contributed by atoms with van der Waals surface area (Å²) in [7, 11) is 0. The number of benzene rings is 1. The van der Waals surface area contributed by atoms with E-state index >= 15 is 0 Å². The second-order valence-electron chi connectivity index (χ2n) is 5.93. The van der Waals surface area contributed by atoms with Gasteiger partial charge in [0.25, 0.3) is 0 Å². The first-order chi connectivity index (χ1) is 12.0. The summed E-state index contributed by atoms with van der Waals surface area (Å²) in [6.07, 6.45) is 3.40. The van der Waals surface area contributed by atoms with Gasteiger partial charge in [-0.2, -0.15) is 0 Å². The lowest BCUT2D eigenvalue weighted by Gasteiger charge is -2.06. The number of hydrogen-bond donors (Lipinski definition) is 2. The Kier molecular flexibility index (Phi) is 3.41. The summed E-state index contributed by atoms with van der Waals surface area (Å²) in [5.41, 5.74) is 0.471. The van der Waals surface area contributed by atoms with Crippen LogP contribution in [0.1, 0.15) is 23.9 Å². The van der Waals surface area contributed by atoms with Gasteiger partial charge in [0.1, 0.15) is 0 Å². The van der Waals surface area contributed by atoms with Gasteiger partial charge >= 0.3 is 5.69 Å². The number of aromatic hydroxyl groups is 1. The van der Waals surface area contributed by atoms with E-state index in [1.165, 1.54) is 23.0 Å². The normalized spacial score (nSPS) is 19.2. The molecule has 128 valence electrons. The van der Waals surface area contributed by atoms with Gasteiger partial charge in [-0.3, -0.25) is 9.55 Å². The minimum absolute atomic E-state index is 0.00393. The van der Waals surface area contributed by atoms with Crippen molar-refractivity contribution in [3.8, 4) is 17.1 Å². The molecule has 2 atom stereocenters. The van der Waals surface area contributed by atoms with E-state index in [4.69, 9.17) is 0 Å². The number of rotatable bonds is 3. The van der Waals surface area contributed by atoms with E-state index in [0.717, 1.165) is 17.7 Å². The predicted octanol–water partition coefficient (Wildman–Crippen LogP) is 3.09. The highest BCUT2D eigenvalue weighted by Gasteiger charge is 2.42. The number of aromatic amines is 1. The maximum atomic E-state index is 13.8. The van der Waals surface area contributed by atoms with Crippen molar-refractivity contribution in [3.63, 3.8) is 0 Å². The predicted molar refractivity (Wildman–Crippen MR) is 82.7 cm³/mol. The Morgan fingerprint density at radius 1 is 1.16 bits per heavy atom. The largest absolute Gasteiger partial charge is 0.493 e. The fraction of sp³-hybridized carbons (Fsp3) is 0.176. The van der Waals surface area contributed by atoms with Crippen LogP contribution in [0.2, 0.25) is 0 Å². The summed E-state index contributed by atoms with van der Waals surface area (Å²) in [5.74, 6) is -4.21. The van der Waals surface area contributed by atoms with Crippen LogP contribution in [-0.2, 0) is 0 Å². The summed E-state index contributed by atoms with van der Waals surface area (Å²) >= 11 is 0. The molecule has 1 aliphatic carbocycles. The van der Waals surface area contributed by atoms with Crippen LogP contribution in [0.5, 0.6) is 5.88 Å². The van der Waals surface area contributed by atoms with Gasteiger partial charge in [-0.1, -0.05) is 6.07 Å². The van der Waals surface area contributed by atoms with Crippen molar-refractivity contribution in [3.05, 3.63) is 70.2 Å². The lowest BCUT2D eigenvalue weighted by molar-refractivity contribution is 0.413. The molecule has 4 rings (SSSR count). The third kappa shape index (κ3) is 2.50. The van der Waals surface area contributed by atoms with Gasteiger partial charge in [0, 0.05) is 23.7 Å². The Balaban J connectivity index is 1.60. The smallest absolute Gasteiger partial charge is 0.328 e. The summed E-state index contributed by atoms with van der Waals surface area (Å²) in [4.78, 5) is 18.2. The monoisotopic (exact) mass is 347 g/mol. The van der Waals surface area contributed by atoms with E-state index in [1.54, 1.807) is 6.07 Å². The van der Waals surface area contributed by atoms with Crippen molar-refractivity contribution in [1.82, 2.24) is 14.5 Å². The number of aromatic nitrogens is 3. The molecule has 0 saturated heterocycles. The number of pyridine rings is 1. The van der Waals surface area contributed by atoms with Crippen LogP contribution in [0.15, 0.2) is 41.5 Å². The Morgan fingerprint density at radius 2 is 1.96 bits per heavy atom. The average Bonchev–Trinajstić information content (AvgIpc) is 3.31. The second-order valence-corrected chi connectivity index (χ2v) is 5.93. The topological polar surface area (TPSA) is 70.9 Å². The standard InChI is InChI=1S/C17H12F3N3O2/c18-11-3-2-9(15(19)16(11)20)12-4-1-8(6-21-12)10-5-13(10)23-14(24)7-22-17(23)25/h1-4,6-7,10,13,24H,5H2,(H,22,25)/t10-,13+/m0/s1. The van der Waals surface area contributed by atoms with Crippen LogP contribution in [0.3, 0.4) is 0 Å². The molecule has 25 heavy (non-hydrogen) atoms. The fourth-order valence-corrected chi connectivity index (χ4v) is 3.02. The molecule has 5 nitrogen and oxygen atoms in total. The first-order valence-electron chi connectivity index (χ1n) is 7.56. The molecule has 0 amide bonds. The molecule has 0 aliphatic heterocycles. The van der Waals surface area contributed by atoms with Crippen LogP contribution in [-0.4, -0.2) is 19.6 Å². The number of nitrogens with one attached hydrogen (secondary N) is 1. The number of H-pyrrole nitrogens is 1. The third-order valence-corrected chi connectivity index (χ3v) is 4.40. The van der Waals surface area contributed by atoms with Crippen molar-refractivity contribution in [2.75, 3.05) is 0 Å². The molecule has 3 aromatic rings. The number of halogens is 3. The van der Waals surface area contributed by atoms with E-state index in [0.29, 0.717) is 6.42 Å². The van der Waals surface area contributed by atoms with Gasteiger partial charge < -0.3 is 10.1 Å². The van der Waals surface area contributed by atoms with Crippen LogP contribution >= 0.6 is 0 Å². The van der Waals surface area contributed by atoms with Gasteiger partial charge in [-0.05, 0) is 30.2 Å². The molecule has 2 heterocycles. The SMILES string of the molecule is O=c1[nH]cc(O)n1[C@@H]1C[C@H]1c1ccc(-c2ccc(F)c(F)c2F)nc1. The molecule has 1 aliphatic rings. The minimum Gasteiger partial charge on any atom is -0.493 e. The highest BCUT2D eigenvalue weighted by molar-refractivity contribution is 5.60. The third-order valence-electron chi connectivity index (χ3n) is 4.40. The van der Waals surface area contributed by atoms with Crippen molar-refractivity contribution in [2.24, 2.45) is 0 Å². The molecule has 0 bridgehead atoms. The summed E-state index contributed by atoms with van der Waals surface area (Å²) in [6.45, 7) is 0. The van der Waals surface area contributed by atoms with Crippen molar-refractivity contribution in [2.45, 2.75) is 18.4 Å². The van der Waals surface area contributed by atoms with Crippen molar-refractivity contribution >= 4 is 0 Å². The second kappa shape index (κ2) is 5.51. The zero-order valence-corrected chi connectivity index (χ0v) is 12.7. The number of hydrogen-bond acceptors (Lipinski definition) is 3. The molecule has 1 fully saturated rings. The van der Waals surface area contributed by atoms with Gasteiger partial charge in [0.2, 0.25) is 5.88 Å². The molecule has 1 saturated carbocycles. The molecule has 0 radical (unpaired) electrons. The maximum Gasteiger partial charge on any atom is 0.328 e.